The maximum atomic E-state index is 4.83. The van der Waals surface area contributed by atoms with E-state index < -0.39 is 0 Å². The van der Waals surface area contributed by atoms with Crippen LogP contribution in [0.3, 0.4) is 0 Å². The average molecular weight is 495 g/mol. The van der Waals surface area contributed by atoms with Gasteiger partial charge in [-0.3, -0.25) is 4.90 Å². The first-order chi connectivity index (χ1) is 18.4. The summed E-state index contributed by atoms with van der Waals surface area (Å²) in [6.45, 7) is 9.53. The van der Waals surface area contributed by atoms with Gasteiger partial charge in [0, 0.05) is 46.1 Å². The number of anilines is 2. The second-order valence-electron chi connectivity index (χ2n) is 11.9. The molecule has 0 unspecified atom stereocenters. The first-order valence-electron chi connectivity index (χ1n) is 13.6. The van der Waals surface area contributed by atoms with E-state index in [0.717, 1.165) is 30.2 Å². The van der Waals surface area contributed by atoms with Crippen LogP contribution < -0.4 is 4.90 Å². The molecule has 0 atom stereocenters. The lowest BCUT2D eigenvalue weighted by molar-refractivity contribution is 0.593. The molecule has 0 saturated heterocycles. The highest BCUT2D eigenvalue weighted by molar-refractivity contribution is 6.16. The summed E-state index contributed by atoms with van der Waals surface area (Å²) in [5.41, 5.74) is 10.5. The number of aromatic nitrogens is 2. The molecule has 0 saturated carbocycles. The van der Waals surface area contributed by atoms with Gasteiger partial charge in [-0.05, 0) is 52.9 Å². The monoisotopic (exact) mass is 494 g/mol. The van der Waals surface area contributed by atoms with Gasteiger partial charge < -0.3 is 4.57 Å². The second-order valence-corrected chi connectivity index (χ2v) is 11.9. The van der Waals surface area contributed by atoms with E-state index in [-0.39, 0.29) is 10.8 Å². The maximum absolute atomic E-state index is 4.83. The number of hydrogen-bond donors (Lipinski definition) is 0. The van der Waals surface area contributed by atoms with Crippen molar-refractivity contribution >= 4 is 39.1 Å². The van der Waals surface area contributed by atoms with Gasteiger partial charge in [0.15, 0.2) is 0 Å². The lowest BCUT2D eigenvalue weighted by atomic mass is 9.68. The molecule has 38 heavy (non-hydrogen) atoms. The minimum atomic E-state index is -0.165. The fourth-order valence-electron chi connectivity index (χ4n) is 7.16. The summed E-state index contributed by atoms with van der Waals surface area (Å²) in [7, 11) is 0. The number of amidine groups is 1. The number of aliphatic imine (C=N–C) groups is 1. The number of allylic oxidation sites excluding steroid dienone is 1. The van der Waals surface area contributed by atoms with Crippen LogP contribution >= 0.6 is 0 Å². The summed E-state index contributed by atoms with van der Waals surface area (Å²) in [6.07, 6.45) is 7.81. The van der Waals surface area contributed by atoms with Crippen LogP contribution in [0.1, 0.15) is 62.8 Å². The average Bonchev–Trinajstić information content (AvgIpc) is 3.27. The molecule has 0 spiro atoms. The summed E-state index contributed by atoms with van der Waals surface area (Å²) < 4.78 is 2.58. The molecule has 5 heterocycles. The fraction of sp³-hybridized carbons (Fsp3) is 0.235. The lowest BCUT2D eigenvalue weighted by Crippen LogP contribution is -2.34. The molecule has 3 aliphatic rings. The van der Waals surface area contributed by atoms with Crippen LogP contribution in [-0.2, 0) is 10.8 Å². The fourth-order valence-corrected chi connectivity index (χ4v) is 7.16. The Hall–Kier alpha value is -4.18. The number of benzene rings is 3. The summed E-state index contributed by atoms with van der Waals surface area (Å²) in [4.78, 5) is 11.9. The van der Waals surface area contributed by atoms with Crippen LogP contribution in [0, 0.1) is 0 Å². The summed E-state index contributed by atoms with van der Waals surface area (Å²) >= 11 is 0. The molecule has 3 aromatic carbocycles. The van der Waals surface area contributed by atoms with Gasteiger partial charge >= 0.3 is 0 Å². The molecule has 0 radical (unpaired) electrons. The number of hydrogen-bond acceptors (Lipinski definition) is 3. The van der Waals surface area contributed by atoms with Crippen molar-refractivity contribution in [2.45, 2.75) is 51.4 Å². The van der Waals surface area contributed by atoms with Gasteiger partial charge in [-0.2, -0.15) is 0 Å². The van der Waals surface area contributed by atoms with Crippen molar-refractivity contribution in [2.75, 3.05) is 4.90 Å². The normalized spacial score (nSPS) is 17.7. The van der Waals surface area contributed by atoms with Crippen LogP contribution in [0.5, 0.6) is 0 Å². The number of rotatable bonds is 2. The third-order valence-electron chi connectivity index (χ3n) is 9.08. The van der Waals surface area contributed by atoms with Crippen LogP contribution in [-0.4, -0.2) is 15.4 Å². The highest BCUT2D eigenvalue weighted by Crippen LogP contribution is 2.55. The zero-order chi connectivity index (χ0) is 25.8. The van der Waals surface area contributed by atoms with E-state index in [2.05, 4.69) is 104 Å². The number of fused-ring (bicyclic) bond motifs is 1. The van der Waals surface area contributed by atoms with Crippen LogP contribution in [0.25, 0.3) is 27.5 Å². The Kier molecular flexibility index (Phi) is 4.16. The molecule has 0 aliphatic carbocycles. The smallest absolute Gasteiger partial charge is 0.138 e. The third-order valence-corrected chi connectivity index (χ3v) is 9.08. The molecule has 8 rings (SSSR count). The van der Waals surface area contributed by atoms with Gasteiger partial charge in [0.25, 0.3) is 0 Å². The quantitative estimate of drug-likeness (QED) is 0.247. The Labute approximate surface area is 223 Å². The predicted molar refractivity (Wildman–Crippen MR) is 157 cm³/mol. The Morgan fingerprint density at radius 3 is 2.24 bits per heavy atom. The highest BCUT2D eigenvalue weighted by Gasteiger charge is 2.43. The second kappa shape index (κ2) is 7.22. The Morgan fingerprint density at radius 2 is 1.50 bits per heavy atom. The molecular weight excluding hydrogens is 464 g/mol. The van der Waals surface area contributed by atoms with E-state index in [0.29, 0.717) is 0 Å². The van der Waals surface area contributed by atoms with E-state index in [9.17, 15) is 0 Å². The minimum absolute atomic E-state index is 0.0746. The van der Waals surface area contributed by atoms with Gasteiger partial charge in [0.1, 0.15) is 11.7 Å². The van der Waals surface area contributed by atoms with E-state index in [1.54, 1.807) is 0 Å². The molecule has 3 aliphatic heterocycles. The zero-order valence-corrected chi connectivity index (χ0v) is 22.3. The molecule has 0 fully saturated rings. The number of para-hydroxylation sites is 2. The van der Waals surface area contributed by atoms with Crippen LogP contribution in [0.2, 0.25) is 0 Å². The predicted octanol–water partition coefficient (Wildman–Crippen LogP) is 8.30. The molecular formula is C34H30N4. The van der Waals surface area contributed by atoms with Crippen molar-refractivity contribution in [3.05, 3.63) is 107 Å². The van der Waals surface area contributed by atoms with E-state index in [1.165, 1.54) is 49.7 Å². The van der Waals surface area contributed by atoms with Gasteiger partial charge in [-0.25, -0.2) is 9.98 Å². The Bertz CT molecular complexity index is 1870. The van der Waals surface area contributed by atoms with Gasteiger partial charge in [0.2, 0.25) is 0 Å². The largest absolute Gasteiger partial charge is 0.308 e. The molecule has 2 aromatic heterocycles. The minimum Gasteiger partial charge on any atom is -0.308 e. The summed E-state index contributed by atoms with van der Waals surface area (Å²) in [6, 6.07) is 24.7. The first kappa shape index (κ1) is 21.9. The van der Waals surface area contributed by atoms with Crippen molar-refractivity contribution in [3.63, 3.8) is 0 Å². The van der Waals surface area contributed by atoms with Gasteiger partial charge in [-0.1, -0.05) is 76.2 Å². The highest BCUT2D eigenvalue weighted by atomic mass is 15.2. The summed E-state index contributed by atoms with van der Waals surface area (Å²) in [5, 5.41) is 2.62. The molecule has 0 amide bonds. The van der Waals surface area contributed by atoms with Crippen molar-refractivity contribution < 1.29 is 0 Å². The Balaban J connectivity index is 1.54. The molecule has 0 bridgehead atoms. The zero-order valence-electron chi connectivity index (χ0n) is 22.3. The molecule has 0 N–H and O–H groups in total. The Morgan fingerprint density at radius 1 is 0.763 bits per heavy atom. The lowest BCUT2D eigenvalue weighted by Gasteiger charge is -2.42. The SMILES string of the molecule is CC1(C)c2cccc3c2-n2c4c1cccc4c1cc(N(C4=NC=CCC4)c4ccccn4)cc(c12)C3(C)C. The molecule has 4 heteroatoms. The van der Waals surface area contributed by atoms with Crippen molar-refractivity contribution in [1.82, 2.24) is 9.55 Å². The van der Waals surface area contributed by atoms with E-state index in [4.69, 9.17) is 9.98 Å². The number of pyridine rings is 1. The molecule has 5 aromatic rings. The third kappa shape index (κ3) is 2.60. The molecule has 4 nitrogen and oxygen atoms in total. The topological polar surface area (TPSA) is 33.4 Å². The maximum Gasteiger partial charge on any atom is 0.138 e. The van der Waals surface area contributed by atoms with Crippen molar-refractivity contribution in [1.29, 1.82) is 0 Å². The van der Waals surface area contributed by atoms with E-state index in [1.807, 2.05) is 18.5 Å². The summed E-state index contributed by atoms with van der Waals surface area (Å²) in [5.74, 6) is 1.93. The van der Waals surface area contributed by atoms with Crippen LogP contribution in [0.15, 0.2) is 90.2 Å². The number of nitrogens with zero attached hydrogens (tertiary/aromatic N) is 4. The van der Waals surface area contributed by atoms with E-state index >= 15 is 0 Å². The van der Waals surface area contributed by atoms with Gasteiger partial charge in [-0.15, -0.1) is 0 Å². The van der Waals surface area contributed by atoms with Crippen LogP contribution in [0.4, 0.5) is 11.5 Å². The molecule has 186 valence electrons. The van der Waals surface area contributed by atoms with Crippen molar-refractivity contribution in [2.24, 2.45) is 4.99 Å². The van der Waals surface area contributed by atoms with Crippen molar-refractivity contribution in [3.8, 4) is 5.69 Å². The standard InChI is InChI=1S/C34H30N4/c1-33(2)24-12-9-11-22-23-19-21(37(28-15-5-7-17-35-28)29-16-6-8-18-36-29)20-27-31(23)38(30(22)24)32-25(33)13-10-14-26(32)34(27,3)4/h5,7-15,17-20H,6,16H2,1-4H3. The first-order valence-corrected chi connectivity index (χ1v) is 13.6. The van der Waals surface area contributed by atoms with Gasteiger partial charge in [0.05, 0.1) is 16.7 Å².